The van der Waals surface area contributed by atoms with E-state index in [1.54, 1.807) is 0 Å². The molecule has 5 nitrogen and oxygen atoms in total. The molecule has 30 heavy (non-hydrogen) atoms. The zero-order valence-corrected chi connectivity index (χ0v) is 19.1. The lowest BCUT2D eigenvalue weighted by molar-refractivity contribution is -0.000920. The van der Waals surface area contributed by atoms with Gasteiger partial charge in [0, 0.05) is 37.3 Å². The highest BCUT2D eigenvalue weighted by atomic mass is 32.1. The Hall–Kier alpha value is -1.21. The Labute approximate surface area is 183 Å². The third-order valence-corrected chi connectivity index (χ3v) is 8.49. The Bertz CT molecular complexity index is 855. The molecular weight excluding hydrogens is 396 g/mol. The predicted molar refractivity (Wildman–Crippen MR) is 121 cm³/mol. The number of pyridine rings is 1. The minimum Gasteiger partial charge on any atom is -0.490 e. The molecule has 6 heteroatoms. The highest BCUT2D eigenvalue weighted by Gasteiger charge is 2.32. The first-order valence-electron chi connectivity index (χ1n) is 11.6. The molecule has 0 amide bonds. The first-order valence-corrected chi connectivity index (χ1v) is 12.5. The minimum atomic E-state index is 0.285. The topological polar surface area (TPSA) is 43.8 Å². The van der Waals surface area contributed by atoms with Crippen molar-refractivity contribution in [2.75, 3.05) is 33.4 Å². The summed E-state index contributed by atoms with van der Waals surface area (Å²) in [5.74, 6) is 1.62. The Morgan fingerprint density at radius 2 is 2.00 bits per heavy atom. The second kappa shape index (κ2) is 9.11. The number of fused-ring (bicyclic) bond motifs is 3. The molecule has 3 aliphatic rings. The number of methoxy groups -OCH3 is 1. The van der Waals surface area contributed by atoms with E-state index in [1.807, 2.05) is 24.6 Å². The maximum Gasteiger partial charge on any atom is 0.131 e. The zero-order chi connectivity index (χ0) is 20.5. The smallest absolute Gasteiger partial charge is 0.131 e. The van der Waals surface area contributed by atoms with E-state index in [2.05, 4.69) is 17.9 Å². The Morgan fingerprint density at radius 3 is 2.77 bits per heavy atom. The van der Waals surface area contributed by atoms with E-state index in [0.717, 1.165) is 56.1 Å². The van der Waals surface area contributed by atoms with Gasteiger partial charge < -0.3 is 14.2 Å². The maximum absolute atomic E-state index is 6.66. The van der Waals surface area contributed by atoms with Gasteiger partial charge in [-0.15, -0.1) is 11.3 Å². The molecule has 0 spiro atoms. The summed E-state index contributed by atoms with van der Waals surface area (Å²) in [7, 11) is 1.82. The highest BCUT2D eigenvalue weighted by Crippen LogP contribution is 2.48. The molecule has 0 radical (unpaired) electrons. The standard InChI is InChI=1S/C24H34N2O3S/c1-16(27-2)15-17-3-8-21-22(17)23-20(9-10-25-24(23)30-21)29-19-6-4-18(5-7-19)26-11-13-28-14-12-26/h9-10,16-19H,3-8,11-15H2,1-2H3/t16-,17-,18-,19-/m1/s1. The third kappa shape index (κ3) is 4.12. The number of hydrogen-bond acceptors (Lipinski definition) is 6. The molecule has 2 aromatic heterocycles. The molecule has 0 bridgehead atoms. The molecule has 1 saturated heterocycles. The van der Waals surface area contributed by atoms with Crippen LogP contribution in [-0.2, 0) is 15.9 Å². The summed E-state index contributed by atoms with van der Waals surface area (Å²) in [5, 5.41) is 1.29. The molecule has 3 heterocycles. The van der Waals surface area contributed by atoms with Gasteiger partial charge in [-0.1, -0.05) is 0 Å². The van der Waals surface area contributed by atoms with E-state index < -0.39 is 0 Å². The average Bonchev–Trinajstić information content (AvgIpc) is 3.35. The zero-order valence-electron chi connectivity index (χ0n) is 18.3. The number of aryl methyl sites for hydroxylation is 1. The summed E-state index contributed by atoms with van der Waals surface area (Å²) >= 11 is 1.87. The van der Waals surface area contributed by atoms with Crippen LogP contribution >= 0.6 is 11.3 Å². The van der Waals surface area contributed by atoms with Gasteiger partial charge in [-0.2, -0.15) is 0 Å². The van der Waals surface area contributed by atoms with E-state index in [-0.39, 0.29) is 6.10 Å². The molecule has 0 unspecified atom stereocenters. The van der Waals surface area contributed by atoms with Gasteiger partial charge in [0.05, 0.1) is 30.8 Å². The Balaban J connectivity index is 1.31. The summed E-state index contributed by atoms with van der Waals surface area (Å²) in [6, 6.07) is 2.80. The number of morpholine rings is 1. The van der Waals surface area contributed by atoms with E-state index in [1.165, 1.54) is 41.5 Å². The van der Waals surface area contributed by atoms with Crippen molar-refractivity contribution in [1.82, 2.24) is 9.88 Å². The number of ether oxygens (including phenoxy) is 3. The molecule has 164 valence electrons. The molecule has 2 fully saturated rings. The summed E-state index contributed by atoms with van der Waals surface area (Å²) in [6.45, 7) is 6.12. The van der Waals surface area contributed by atoms with Crippen LogP contribution in [0.25, 0.3) is 10.2 Å². The second-order valence-electron chi connectivity index (χ2n) is 9.14. The van der Waals surface area contributed by atoms with Gasteiger partial charge in [0.2, 0.25) is 0 Å². The molecule has 2 aliphatic carbocycles. The van der Waals surface area contributed by atoms with Crippen molar-refractivity contribution in [3.63, 3.8) is 0 Å². The van der Waals surface area contributed by atoms with Crippen LogP contribution in [0.2, 0.25) is 0 Å². The maximum atomic E-state index is 6.66. The largest absolute Gasteiger partial charge is 0.490 e. The van der Waals surface area contributed by atoms with Gasteiger partial charge in [0.25, 0.3) is 0 Å². The summed E-state index contributed by atoms with van der Waals surface area (Å²) < 4.78 is 17.8. The van der Waals surface area contributed by atoms with Crippen LogP contribution in [-0.4, -0.2) is 61.5 Å². The lowest BCUT2D eigenvalue weighted by Gasteiger charge is -2.38. The number of rotatable bonds is 6. The van der Waals surface area contributed by atoms with Crippen molar-refractivity contribution in [2.24, 2.45) is 0 Å². The fourth-order valence-corrected chi connectivity index (χ4v) is 6.87. The van der Waals surface area contributed by atoms with Crippen LogP contribution in [0.1, 0.15) is 61.8 Å². The Kier molecular flexibility index (Phi) is 6.28. The van der Waals surface area contributed by atoms with Gasteiger partial charge in [0.15, 0.2) is 0 Å². The van der Waals surface area contributed by atoms with E-state index >= 15 is 0 Å². The van der Waals surface area contributed by atoms with E-state index in [9.17, 15) is 0 Å². The lowest BCUT2D eigenvalue weighted by Crippen LogP contribution is -2.46. The molecule has 2 aromatic rings. The van der Waals surface area contributed by atoms with Crippen LogP contribution in [0.3, 0.4) is 0 Å². The van der Waals surface area contributed by atoms with Crippen molar-refractivity contribution in [1.29, 1.82) is 0 Å². The van der Waals surface area contributed by atoms with Crippen molar-refractivity contribution in [3.05, 3.63) is 22.7 Å². The van der Waals surface area contributed by atoms with Crippen LogP contribution < -0.4 is 4.74 Å². The van der Waals surface area contributed by atoms with Crippen molar-refractivity contribution < 1.29 is 14.2 Å². The van der Waals surface area contributed by atoms with Gasteiger partial charge in [-0.25, -0.2) is 4.98 Å². The molecule has 0 aromatic carbocycles. The van der Waals surface area contributed by atoms with Gasteiger partial charge in [-0.05, 0) is 69.4 Å². The summed E-state index contributed by atoms with van der Waals surface area (Å²) in [6.07, 6.45) is 10.7. The molecule has 5 rings (SSSR count). The molecule has 1 aliphatic heterocycles. The van der Waals surface area contributed by atoms with Crippen molar-refractivity contribution in [2.45, 2.75) is 76.0 Å². The van der Waals surface area contributed by atoms with E-state index in [0.29, 0.717) is 18.1 Å². The number of nitrogens with zero attached hydrogens (tertiary/aromatic N) is 2. The molecule has 1 saturated carbocycles. The predicted octanol–water partition coefficient (Wildman–Crippen LogP) is 4.77. The third-order valence-electron chi connectivity index (χ3n) is 7.31. The quantitative estimate of drug-likeness (QED) is 0.660. The molecule has 0 N–H and O–H groups in total. The fourth-order valence-electron chi connectivity index (χ4n) is 5.61. The van der Waals surface area contributed by atoms with Gasteiger partial charge in [-0.3, -0.25) is 4.90 Å². The van der Waals surface area contributed by atoms with Crippen molar-refractivity contribution >= 4 is 21.6 Å². The normalized spacial score (nSPS) is 28.5. The minimum absolute atomic E-state index is 0.285. The van der Waals surface area contributed by atoms with E-state index in [4.69, 9.17) is 19.2 Å². The average molecular weight is 431 g/mol. The van der Waals surface area contributed by atoms with Gasteiger partial charge >= 0.3 is 0 Å². The van der Waals surface area contributed by atoms with Crippen LogP contribution in [0.5, 0.6) is 5.75 Å². The number of aromatic nitrogens is 1. The van der Waals surface area contributed by atoms with Crippen LogP contribution in [0.4, 0.5) is 0 Å². The summed E-state index contributed by atoms with van der Waals surface area (Å²) in [4.78, 5) is 9.98. The number of hydrogen-bond donors (Lipinski definition) is 0. The van der Waals surface area contributed by atoms with Crippen LogP contribution in [0.15, 0.2) is 12.3 Å². The number of thiophene rings is 1. The monoisotopic (exact) mass is 430 g/mol. The van der Waals surface area contributed by atoms with Crippen LogP contribution in [0, 0.1) is 0 Å². The second-order valence-corrected chi connectivity index (χ2v) is 10.2. The SMILES string of the molecule is CO[C@H](C)C[C@H]1CCc2sc3nccc(O[C@H]4CC[C@H](N5CCOCC5)CC4)c3c21. The Morgan fingerprint density at radius 1 is 1.20 bits per heavy atom. The fraction of sp³-hybridized carbons (Fsp3) is 0.708. The molecular formula is C24H34N2O3S. The lowest BCUT2D eigenvalue weighted by atomic mass is 9.91. The van der Waals surface area contributed by atoms with Gasteiger partial charge in [0.1, 0.15) is 10.6 Å². The first-order chi connectivity index (χ1) is 14.7. The summed E-state index contributed by atoms with van der Waals surface area (Å²) in [5.41, 5.74) is 1.50. The molecule has 2 atom stereocenters. The van der Waals surface area contributed by atoms with Crippen molar-refractivity contribution in [3.8, 4) is 5.75 Å². The highest BCUT2D eigenvalue weighted by molar-refractivity contribution is 7.19. The first kappa shape index (κ1) is 20.7.